The average Bonchev–Trinajstić information content (AvgIpc) is 3.39. The number of aromatic hydroxyl groups is 1. The molecule has 36 heavy (non-hydrogen) atoms. The molecule has 1 aliphatic rings. The van der Waals surface area contributed by atoms with E-state index in [1.807, 2.05) is 0 Å². The maximum absolute atomic E-state index is 11.7. The molecule has 5 atom stereocenters. The molecule has 2 aromatic heterocycles. The Morgan fingerprint density at radius 1 is 1.22 bits per heavy atom. The summed E-state index contributed by atoms with van der Waals surface area (Å²) in [6, 6.07) is 6.31. The van der Waals surface area contributed by atoms with Gasteiger partial charge in [0.05, 0.1) is 24.9 Å². The minimum absolute atomic E-state index is 0.0465. The highest BCUT2D eigenvalue weighted by molar-refractivity contribution is 7.99. The van der Waals surface area contributed by atoms with E-state index < -0.39 is 43.2 Å². The lowest BCUT2D eigenvalue weighted by molar-refractivity contribution is -0.0548. The number of aliphatic hydroxyl groups is 4. The lowest BCUT2D eigenvalue weighted by Gasteiger charge is -2.19. The molecule has 0 radical (unpaired) electrons. The lowest BCUT2D eigenvalue weighted by Crippen LogP contribution is -2.33. The summed E-state index contributed by atoms with van der Waals surface area (Å²) < 4.78 is 17.5. The highest BCUT2D eigenvalue weighted by Gasteiger charge is 2.45. The van der Waals surface area contributed by atoms with Crippen LogP contribution in [0.25, 0.3) is 11.2 Å². The van der Waals surface area contributed by atoms with Crippen LogP contribution < -0.4 is 4.74 Å². The van der Waals surface area contributed by atoms with E-state index in [2.05, 4.69) is 15.0 Å². The van der Waals surface area contributed by atoms with Gasteiger partial charge in [-0.2, -0.15) is 4.98 Å². The monoisotopic (exact) mass is 522 g/mol. The van der Waals surface area contributed by atoms with E-state index in [-0.39, 0.29) is 41.2 Å². The Bertz CT molecular complexity index is 1190. The van der Waals surface area contributed by atoms with Gasteiger partial charge in [-0.3, -0.25) is 4.57 Å². The summed E-state index contributed by atoms with van der Waals surface area (Å²) in [7, 11) is 0. The first-order chi connectivity index (χ1) is 17.3. The number of hydrogen-bond acceptors (Lipinski definition) is 13. The number of carbonyl (C=O) groups is 1. The number of hydrogen-bond donors (Lipinski definition) is 5. The molecule has 1 fully saturated rings. The Hall–Kier alpha value is -3.01. The van der Waals surface area contributed by atoms with E-state index in [1.165, 1.54) is 4.57 Å². The summed E-state index contributed by atoms with van der Waals surface area (Å²) in [5.74, 6) is -0.269. The van der Waals surface area contributed by atoms with E-state index in [9.17, 15) is 30.3 Å². The molecule has 5 N–H and O–H groups in total. The molecule has 1 saturated heterocycles. The van der Waals surface area contributed by atoms with E-state index in [1.54, 1.807) is 31.2 Å². The predicted molar refractivity (Wildman–Crippen MR) is 125 cm³/mol. The molecular weight excluding hydrogens is 496 g/mol. The molecule has 194 valence electrons. The lowest BCUT2D eigenvalue weighted by atomic mass is 10.1. The molecule has 1 unspecified atom stereocenters. The van der Waals surface area contributed by atoms with Crippen molar-refractivity contribution in [2.24, 2.45) is 0 Å². The van der Waals surface area contributed by atoms with E-state index in [0.717, 1.165) is 18.1 Å². The minimum atomic E-state index is -1.40. The summed E-state index contributed by atoms with van der Waals surface area (Å²) in [6.07, 6.45) is -4.75. The Kier molecular flexibility index (Phi) is 8.23. The van der Waals surface area contributed by atoms with Gasteiger partial charge in [-0.05, 0) is 31.2 Å². The van der Waals surface area contributed by atoms with Gasteiger partial charge in [0.2, 0.25) is 5.88 Å². The molecular formula is C22H26N4O9S. The second kappa shape index (κ2) is 11.4. The first-order valence-electron chi connectivity index (χ1n) is 11.1. The molecule has 1 aromatic carbocycles. The van der Waals surface area contributed by atoms with Gasteiger partial charge >= 0.3 is 5.97 Å². The molecule has 4 rings (SSSR count). The summed E-state index contributed by atoms with van der Waals surface area (Å²) in [5, 5.41) is 50.9. The van der Waals surface area contributed by atoms with Crippen LogP contribution in [0.1, 0.15) is 23.5 Å². The number of carbonyl (C=O) groups excluding carboxylic acids is 1. The van der Waals surface area contributed by atoms with Crippen LogP contribution in [-0.2, 0) is 9.47 Å². The zero-order valence-electron chi connectivity index (χ0n) is 19.2. The standard InChI is InChI=1S/C22H26N4O9S/c1-2-33-21(32)11-3-5-13(6-4-11)34-8-12(28)9-36-22-25-15-18(23-10-24-19(15)31)26(22)20-17(30)16(29)14(7-27)35-20/h3-6,10,12,14,16-17,20,27-30H,2,7-9H2,1H3,(H,23,24,31)/t12?,14-,16-,17-,20-/m1/s1. The Labute approximate surface area is 209 Å². The fraction of sp³-hybridized carbons (Fsp3) is 0.455. The first-order valence-corrected chi connectivity index (χ1v) is 12.1. The molecule has 1 aliphatic heterocycles. The van der Waals surface area contributed by atoms with Crippen molar-refractivity contribution in [3.63, 3.8) is 0 Å². The maximum atomic E-state index is 11.7. The highest BCUT2D eigenvalue weighted by Crippen LogP contribution is 2.37. The van der Waals surface area contributed by atoms with Crippen molar-refractivity contribution >= 4 is 28.9 Å². The summed E-state index contributed by atoms with van der Waals surface area (Å²) in [4.78, 5) is 23.9. The number of nitrogens with zero attached hydrogens (tertiary/aromatic N) is 4. The molecule has 0 spiro atoms. The Morgan fingerprint density at radius 2 is 1.97 bits per heavy atom. The topological polar surface area (TPSA) is 190 Å². The quantitative estimate of drug-likeness (QED) is 0.175. The van der Waals surface area contributed by atoms with Crippen molar-refractivity contribution < 1.29 is 44.5 Å². The van der Waals surface area contributed by atoms with Crippen LogP contribution in [0.15, 0.2) is 35.7 Å². The third-order valence-corrected chi connectivity index (χ3v) is 6.51. The van der Waals surface area contributed by atoms with Gasteiger partial charge in [-0.15, -0.1) is 0 Å². The van der Waals surface area contributed by atoms with Crippen molar-refractivity contribution in [2.75, 3.05) is 25.6 Å². The number of rotatable bonds is 10. The highest BCUT2D eigenvalue weighted by atomic mass is 32.2. The van der Waals surface area contributed by atoms with Gasteiger partial charge < -0.3 is 39.7 Å². The molecule has 3 aromatic rings. The van der Waals surface area contributed by atoms with Crippen LogP contribution in [0.3, 0.4) is 0 Å². The Morgan fingerprint density at radius 3 is 2.64 bits per heavy atom. The SMILES string of the molecule is CCOC(=O)c1ccc(OCC(O)CSc2nc3c(O)ncnc3n2[C@@H]2O[C@H](CO)[C@@H](O)[C@H]2O)cc1. The van der Waals surface area contributed by atoms with Crippen LogP contribution in [0.5, 0.6) is 11.6 Å². The van der Waals surface area contributed by atoms with Crippen molar-refractivity contribution in [2.45, 2.75) is 42.7 Å². The molecule has 0 bridgehead atoms. The molecule has 14 heteroatoms. The molecule has 0 amide bonds. The van der Waals surface area contributed by atoms with E-state index in [0.29, 0.717) is 11.3 Å². The van der Waals surface area contributed by atoms with Crippen LogP contribution >= 0.6 is 11.8 Å². The predicted octanol–water partition coefficient (Wildman–Crippen LogP) is -0.148. The number of fused-ring (bicyclic) bond motifs is 1. The second-order valence-corrected chi connectivity index (χ2v) is 8.87. The summed E-state index contributed by atoms with van der Waals surface area (Å²) in [6.45, 7) is 1.42. The molecule has 3 heterocycles. The van der Waals surface area contributed by atoms with Crippen molar-refractivity contribution in [1.82, 2.24) is 19.5 Å². The number of aliphatic hydroxyl groups excluding tert-OH is 4. The fourth-order valence-corrected chi connectivity index (χ4v) is 4.54. The van der Waals surface area contributed by atoms with Gasteiger partial charge in [0.1, 0.15) is 37.0 Å². The van der Waals surface area contributed by atoms with Crippen molar-refractivity contribution in [3.05, 3.63) is 36.2 Å². The normalized spacial score (nSPS) is 22.6. The van der Waals surface area contributed by atoms with Crippen molar-refractivity contribution in [3.8, 4) is 11.6 Å². The first kappa shape index (κ1) is 26.1. The third-order valence-electron chi connectivity index (χ3n) is 5.41. The van der Waals surface area contributed by atoms with Gasteiger partial charge in [-0.1, -0.05) is 11.8 Å². The second-order valence-electron chi connectivity index (χ2n) is 7.88. The van der Waals surface area contributed by atoms with Crippen LogP contribution in [0.4, 0.5) is 0 Å². The van der Waals surface area contributed by atoms with Crippen LogP contribution in [0.2, 0.25) is 0 Å². The van der Waals surface area contributed by atoms with Gasteiger partial charge in [0.25, 0.3) is 0 Å². The summed E-state index contributed by atoms with van der Waals surface area (Å²) in [5.41, 5.74) is 0.577. The Balaban J connectivity index is 1.44. The van der Waals surface area contributed by atoms with Gasteiger partial charge in [0, 0.05) is 5.75 Å². The van der Waals surface area contributed by atoms with Gasteiger partial charge in [-0.25, -0.2) is 14.8 Å². The number of aromatic nitrogens is 4. The van der Waals surface area contributed by atoms with E-state index in [4.69, 9.17) is 14.2 Å². The number of thioether (sulfide) groups is 1. The minimum Gasteiger partial charge on any atom is -0.492 e. The average molecular weight is 523 g/mol. The zero-order valence-corrected chi connectivity index (χ0v) is 20.0. The van der Waals surface area contributed by atoms with Crippen LogP contribution in [0, 0.1) is 0 Å². The molecule has 13 nitrogen and oxygen atoms in total. The largest absolute Gasteiger partial charge is 0.492 e. The third kappa shape index (κ3) is 5.38. The van der Waals surface area contributed by atoms with Crippen molar-refractivity contribution in [1.29, 1.82) is 0 Å². The smallest absolute Gasteiger partial charge is 0.338 e. The van der Waals surface area contributed by atoms with Crippen LogP contribution in [-0.4, -0.2) is 101 Å². The number of ether oxygens (including phenoxy) is 3. The number of benzene rings is 1. The number of imidazole rings is 1. The molecule has 0 aliphatic carbocycles. The zero-order chi connectivity index (χ0) is 25.8. The molecule has 0 saturated carbocycles. The number of esters is 1. The summed E-state index contributed by atoms with van der Waals surface area (Å²) >= 11 is 1.08. The van der Waals surface area contributed by atoms with E-state index >= 15 is 0 Å². The fourth-order valence-electron chi connectivity index (χ4n) is 3.61. The maximum Gasteiger partial charge on any atom is 0.338 e. The van der Waals surface area contributed by atoms with Gasteiger partial charge in [0.15, 0.2) is 22.5 Å².